The monoisotopic (exact) mass is 335 g/mol. The summed E-state index contributed by atoms with van der Waals surface area (Å²) in [5.41, 5.74) is 5.19. The molecule has 0 saturated heterocycles. The summed E-state index contributed by atoms with van der Waals surface area (Å²) in [6, 6.07) is 12.4. The van der Waals surface area contributed by atoms with Gasteiger partial charge in [0.1, 0.15) is 0 Å². The summed E-state index contributed by atoms with van der Waals surface area (Å²) >= 11 is 0. The Balaban J connectivity index is 1.79. The van der Waals surface area contributed by atoms with Crippen molar-refractivity contribution >= 4 is 10.9 Å². The quantitative estimate of drug-likeness (QED) is 0.775. The number of fused-ring (bicyclic) bond motifs is 1. The van der Waals surface area contributed by atoms with Gasteiger partial charge in [-0.1, -0.05) is 17.7 Å². The topological polar surface area (TPSA) is 49.0 Å². The van der Waals surface area contributed by atoms with Crippen LogP contribution in [0.3, 0.4) is 0 Å². The van der Waals surface area contributed by atoms with E-state index in [-0.39, 0.29) is 5.56 Å². The van der Waals surface area contributed by atoms with Gasteiger partial charge in [-0.3, -0.25) is 14.7 Å². The molecule has 0 bridgehead atoms. The third kappa shape index (κ3) is 3.97. The van der Waals surface area contributed by atoms with E-state index in [2.05, 4.69) is 54.8 Å². The zero-order valence-electron chi connectivity index (χ0n) is 15.3. The molecule has 0 amide bonds. The SMILES string of the molecule is Cc1ccc2[nH]c(=O)c(CN(C)[C@H](C)Cc3ncccc3C)cc2c1. The minimum atomic E-state index is -0.00980. The molecule has 0 radical (unpaired) electrons. The summed E-state index contributed by atoms with van der Waals surface area (Å²) in [6.45, 7) is 6.94. The molecule has 130 valence electrons. The van der Waals surface area contributed by atoms with Crippen molar-refractivity contribution in [2.45, 2.75) is 39.8 Å². The first-order valence-electron chi connectivity index (χ1n) is 8.67. The molecule has 4 heteroatoms. The van der Waals surface area contributed by atoms with Gasteiger partial charge >= 0.3 is 0 Å². The highest BCUT2D eigenvalue weighted by Crippen LogP contribution is 2.15. The molecule has 2 heterocycles. The van der Waals surface area contributed by atoms with Crippen molar-refractivity contribution in [2.75, 3.05) is 7.05 Å². The lowest BCUT2D eigenvalue weighted by atomic mass is 10.1. The van der Waals surface area contributed by atoms with Crippen molar-refractivity contribution in [2.24, 2.45) is 0 Å². The van der Waals surface area contributed by atoms with Crippen LogP contribution in [0.25, 0.3) is 10.9 Å². The zero-order valence-corrected chi connectivity index (χ0v) is 15.3. The maximum Gasteiger partial charge on any atom is 0.252 e. The van der Waals surface area contributed by atoms with E-state index in [1.165, 1.54) is 11.1 Å². The molecule has 0 aliphatic carbocycles. The number of aromatic nitrogens is 2. The molecule has 1 aromatic carbocycles. The Kier molecular flexibility index (Phi) is 5.00. The van der Waals surface area contributed by atoms with Crippen molar-refractivity contribution in [3.05, 3.63) is 75.3 Å². The smallest absolute Gasteiger partial charge is 0.252 e. The highest BCUT2D eigenvalue weighted by molar-refractivity contribution is 5.79. The molecule has 2 aromatic heterocycles. The first kappa shape index (κ1) is 17.4. The average molecular weight is 335 g/mol. The second kappa shape index (κ2) is 7.19. The van der Waals surface area contributed by atoms with Gasteiger partial charge in [-0.05, 0) is 63.0 Å². The number of pyridine rings is 2. The second-order valence-corrected chi connectivity index (χ2v) is 6.95. The van der Waals surface area contributed by atoms with Crippen LogP contribution >= 0.6 is 0 Å². The van der Waals surface area contributed by atoms with Crippen LogP contribution < -0.4 is 5.56 Å². The van der Waals surface area contributed by atoms with Gasteiger partial charge in [0, 0.05) is 42.0 Å². The highest BCUT2D eigenvalue weighted by atomic mass is 16.1. The zero-order chi connectivity index (χ0) is 18.0. The maximum absolute atomic E-state index is 12.4. The Morgan fingerprint density at radius 2 is 2.00 bits per heavy atom. The molecular weight excluding hydrogens is 310 g/mol. The molecule has 0 saturated carbocycles. The number of aromatic amines is 1. The molecule has 0 unspecified atom stereocenters. The van der Waals surface area contributed by atoms with Crippen LogP contribution in [0.4, 0.5) is 0 Å². The minimum Gasteiger partial charge on any atom is -0.322 e. The van der Waals surface area contributed by atoms with E-state index in [1.54, 1.807) is 0 Å². The number of hydrogen-bond acceptors (Lipinski definition) is 3. The molecule has 3 rings (SSSR count). The molecule has 1 atom stereocenters. The van der Waals surface area contributed by atoms with Gasteiger partial charge in [0.15, 0.2) is 0 Å². The van der Waals surface area contributed by atoms with Crippen LogP contribution in [-0.4, -0.2) is 28.0 Å². The Morgan fingerprint density at radius 1 is 1.20 bits per heavy atom. The number of nitrogens with zero attached hydrogens (tertiary/aromatic N) is 2. The van der Waals surface area contributed by atoms with Gasteiger partial charge in [0.05, 0.1) is 0 Å². The lowest BCUT2D eigenvalue weighted by Crippen LogP contribution is -2.33. The number of benzene rings is 1. The molecule has 25 heavy (non-hydrogen) atoms. The highest BCUT2D eigenvalue weighted by Gasteiger charge is 2.14. The van der Waals surface area contributed by atoms with Crippen LogP contribution in [0.1, 0.15) is 29.3 Å². The first-order valence-corrected chi connectivity index (χ1v) is 8.67. The molecule has 3 aromatic rings. The Bertz CT molecular complexity index is 945. The number of H-pyrrole nitrogens is 1. The molecule has 1 N–H and O–H groups in total. The van der Waals surface area contributed by atoms with Gasteiger partial charge in [-0.15, -0.1) is 0 Å². The van der Waals surface area contributed by atoms with Crippen molar-refractivity contribution in [3.8, 4) is 0 Å². The van der Waals surface area contributed by atoms with E-state index in [4.69, 9.17) is 0 Å². The predicted molar refractivity (Wildman–Crippen MR) is 103 cm³/mol. The standard InChI is InChI=1S/C21H25N3O/c1-14-7-8-19-17(10-14)12-18(21(25)23-19)13-24(4)16(3)11-20-15(2)6-5-9-22-20/h5-10,12,16H,11,13H2,1-4H3,(H,23,25)/t16-/m1/s1. The third-order valence-electron chi connectivity index (χ3n) is 4.86. The van der Waals surface area contributed by atoms with Crippen molar-refractivity contribution < 1.29 is 0 Å². The van der Waals surface area contributed by atoms with E-state index in [1.807, 2.05) is 30.5 Å². The number of hydrogen-bond donors (Lipinski definition) is 1. The van der Waals surface area contributed by atoms with Crippen molar-refractivity contribution in [3.63, 3.8) is 0 Å². The molecule has 4 nitrogen and oxygen atoms in total. The van der Waals surface area contributed by atoms with Crippen molar-refractivity contribution in [1.29, 1.82) is 0 Å². The van der Waals surface area contributed by atoms with E-state index in [0.29, 0.717) is 12.6 Å². The van der Waals surface area contributed by atoms with Crippen LogP contribution in [0.5, 0.6) is 0 Å². The molecule has 0 aliphatic rings. The minimum absolute atomic E-state index is 0.00980. The average Bonchev–Trinajstić information content (AvgIpc) is 2.58. The van der Waals surface area contributed by atoms with Crippen molar-refractivity contribution in [1.82, 2.24) is 14.9 Å². The van der Waals surface area contributed by atoms with Gasteiger partial charge in [-0.2, -0.15) is 0 Å². The molecule has 0 fully saturated rings. The Hall–Kier alpha value is -2.46. The van der Waals surface area contributed by atoms with E-state index < -0.39 is 0 Å². The predicted octanol–water partition coefficient (Wildman–Crippen LogP) is 3.60. The fourth-order valence-corrected chi connectivity index (χ4v) is 3.08. The number of likely N-dealkylation sites (N-methyl/N-ethyl adjacent to an activating group) is 1. The third-order valence-corrected chi connectivity index (χ3v) is 4.86. The van der Waals surface area contributed by atoms with Crippen LogP contribution in [0.15, 0.2) is 47.4 Å². The van der Waals surface area contributed by atoms with Crippen LogP contribution in [-0.2, 0) is 13.0 Å². The fourth-order valence-electron chi connectivity index (χ4n) is 3.08. The molecule has 0 spiro atoms. The first-order chi connectivity index (χ1) is 11.9. The van der Waals surface area contributed by atoms with Gasteiger partial charge < -0.3 is 4.98 Å². The number of aryl methyl sites for hydroxylation is 2. The van der Waals surface area contributed by atoms with E-state index in [9.17, 15) is 4.79 Å². The van der Waals surface area contributed by atoms with Gasteiger partial charge in [-0.25, -0.2) is 0 Å². The van der Waals surface area contributed by atoms with Gasteiger partial charge in [0.25, 0.3) is 5.56 Å². The summed E-state index contributed by atoms with van der Waals surface area (Å²) in [4.78, 5) is 22.1. The summed E-state index contributed by atoms with van der Waals surface area (Å²) < 4.78 is 0. The summed E-state index contributed by atoms with van der Waals surface area (Å²) in [7, 11) is 2.06. The fraction of sp³-hybridized carbons (Fsp3) is 0.333. The summed E-state index contributed by atoms with van der Waals surface area (Å²) in [5.74, 6) is 0. The second-order valence-electron chi connectivity index (χ2n) is 6.95. The van der Waals surface area contributed by atoms with Gasteiger partial charge in [0.2, 0.25) is 0 Å². The Labute approximate surface area is 148 Å². The van der Waals surface area contributed by atoms with Crippen LogP contribution in [0.2, 0.25) is 0 Å². The maximum atomic E-state index is 12.4. The summed E-state index contributed by atoms with van der Waals surface area (Å²) in [6.07, 6.45) is 2.71. The van der Waals surface area contributed by atoms with E-state index >= 15 is 0 Å². The lowest BCUT2D eigenvalue weighted by Gasteiger charge is -2.24. The largest absolute Gasteiger partial charge is 0.322 e. The van der Waals surface area contributed by atoms with Crippen LogP contribution in [0, 0.1) is 13.8 Å². The van der Waals surface area contributed by atoms with E-state index in [0.717, 1.165) is 28.6 Å². The Morgan fingerprint density at radius 3 is 2.76 bits per heavy atom. The lowest BCUT2D eigenvalue weighted by molar-refractivity contribution is 0.246. The number of rotatable bonds is 5. The normalized spacial score (nSPS) is 12.7. The number of nitrogens with one attached hydrogen (secondary N) is 1. The summed E-state index contributed by atoms with van der Waals surface area (Å²) in [5, 5.41) is 1.08. The molecular formula is C21H25N3O. The molecule has 0 aliphatic heterocycles.